The predicted molar refractivity (Wildman–Crippen MR) is 93.6 cm³/mol. The highest BCUT2D eigenvalue weighted by Gasteiger charge is 2.25. The van der Waals surface area contributed by atoms with Crippen LogP contribution in [0.4, 0.5) is 0 Å². The van der Waals surface area contributed by atoms with Crippen LogP contribution in [0.15, 0.2) is 18.2 Å². The second-order valence-electron chi connectivity index (χ2n) is 6.66. The summed E-state index contributed by atoms with van der Waals surface area (Å²) < 4.78 is 16.3. The highest BCUT2D eigenvalue weighted by atomic mass is 16.5. The van der Waals surface area contributed by atoms with Crippen molar-refractivity contribution in [3.05, 3.63) is 23.8 Å². The van der Waals surface area contributed by atoms with Gasteiger partial charge in [-0.2, -0.15) is 0 Å². The number of rotatable bonds is 7. The number of benzene rings is 1. The highest BCUT2D eigenvalue weighted by molar-refractivity contribution is 5.76. The Bertz CT molecular complexity index is 522. The van der Waals surface area contributed by atoms with E-state index >= 15 is 0 Å². The molecule has 0 saturated carbocycles. The van der Waals surface area contributed by atoms with Gasteiger partial charge in [0.1, 0.15) is 11.5 Å². The fraction of sp³-hybridized carbons (Fsp3) is 0.632. The molecule has 5 heteroatoms. The van der Waals surface area contributed by atoms with E-state index in [-0.39, 0.29) is 18.1 Å². The largest absolute Gasteiger partial charge is 0.497 e. The summed E-state index contributed by atoms with van der Waals surface area (Å²) in [4.78, 5) is 12.3. The van der Waals surface area contributed by atoms with Gasteiger partial charge in [-0.15, -0.1) is 0 Å². The third-order valence-electron chi connectivity index (χ3n) is 4.48. The molecule has 1 N–H and O–H groups in total. The first-order chi connectivity index (χ1) is 11.5. The Kier molecular flexibility index (Phi) is 6.91. The van der Waals surface area contributed by atoms with Crippen LogP contribution >= 0.6 is 0 Å². The van der Waals surface area contributed by atoms with E-state index in [4.69, 9.17) is 14.2 Å². The molecule has 1 fully saturated rings. The van der Waals surface area contributed by atoms with Crippen molar-refractivity contribution in [2.45, 2.75) is 51.7 Å². The maximum absolute atomic E-state index is 12.3. The normalized spacial score (nSPS) is 20.7. The monoisotopic (exact) mass is 335 g/mol. The molecule has 1 heterocycles. The summed E-state index contributed by atoms with van der Waals surface area (Å²) in [6.07, 6.45) is 3.15. The number of amides is 1. The summed E-state index contributed by atoms with van der Waals surface area (Å²) in [6.45, 7) is 5.04. The average Bonchev–Trinajstić information content (AvgIpc) is 2.59. The second-order valence-corrected chi connectivity index (χ2v) is 6.66. The van der Waals surface area contributed by atoms with Crippen LogP contribution in [-0.2, 0) is 16.0 Å². The molecule has 0 aliphatic carbocycles. The number of nitrogens with one attached hydrogen (secondary N) is 1. The van der Waals surface area contributed by atoms with Gasteiger partial charge < -0.3 is 19.5 Å². The summed E-state index contributed by atoms with van der Waals surface area (Å²) >= 11 is 0. The maximum atomic E-state index is 12.3. The topological polar surface area (TPSA) is 56.8 Å². The van der Waals surface area contributed by atoms with Gasteiger partial charge in [0.05, 0.1) is 20.3 Å². The van der Waals surface area contributed by atoms with E-state index in [0.717, 1.165) is 36.5 Å². The van der Waals surface area contributed by atoms with E-state index in [2.05, 4.69) is 19.2 Å². The van der Waals surface area contributed by atoms with Gasteiger partial charge >= 0.3 is 0 Å². The summed E-state index contributed by atoms with van der Waals surface area (Å²) in [5.74, 6) is 2.06. The van der Waals surface area contributed by atoms with Gasteiger partial charge in [0.15, 0.2) is 0 Å². The lowest BCUT2D eigenvalue weighted by Gasteiger charge is -2.32. The molecule has 24 heavy (non-hydrogen) atoms. The summed E-state index contributed by atoms with van der Waals surface area (Å²) in [7, 11) is 3.25. The molecule has 1 aliphatic rings. The number of hydrogen-bond acceptors (Lipinski definition) is 4. The van der Waals surface area contributed by atoms with Crippen LogP contribution in [0.5, 0.6) is 11.5 Å². The quantitative estimate of drug-likeness (QED) is 0.832. The fourth-order valence-electron chi connectivity index (χ4n) is 2.99. The molecule has 2 rings (SSSR count). The van der Waals surface area contributed by atoms with Gasteiger partial charge in [0, 0.05) is 25.1 Å². The van der Waals surface area contributed by atoms with Crippen molar-refractivity contribution in [1.82, 2.24) is 5.32 Å². The minimum absolute atomic E-state index is 0.0891. The Hall–Kier alpha value is -1.75. The fourth-order valence-corrected chi connectivity index (χ4v) is 2.99. The number of carbonyl (C=O) groups is 1. The maximum Gasteiger partial charge on any atom is 0.220 e. The van der Waals surface area contributed by atoms with E-state index < -0.39 is 0 Å². The third-order valence-corrected chi connectivity index (χ3v) is 4.48. The molecule has 0 aromatic heterocycles. The van der Waals surface area contributed by atoms with Crippen LogP contribution in [0.1, 0.15) is 38.7 Å². The molecule has 2 atom stereocenters. The molecule has 0 radical (unpaired) electrons. The van der Waals surface area contributed by atoms with Crippen LogP contribution in [0.2, 0.25) is 0 Å². The van der Waals surface area contributed by atoms with Crippen LogP contribution < -0.4 is 14.8 Å². The van der Waals surface area contributed by atoms with Crippen LogP contribution in [0.25, 0.3) is 0 Å². The molecular weight excluding hydrogens is 306 g/mol. The number of aryl methyl sites for hydroxylation is 1. The zero-order chi connectivity index (χ0) is 17.5. The Morgan fingerprint density at radius 3 is 2.50 bits per heavy atom. The van der Waals surface area contributed by atoms with E-state index in [0.29, 0.717) is 18.8 Å². The van der Waals surface area contributed by atoms with Gasteiger partial charge in [-0.05, 0) is 42.9 Å². The Balaban J connectivity index is 1.85. The van der Waals surface area contributed by atoms with Crippen LogP contribution in [-0.4, -0.2) is 38.9 Å². The number of hydrogen-bond donors (Lipinski definition) is 1. The van der Waals surface area contributed by atoms with Crippen molar-refractivity contribution in [2.24, 2.45) is 5.92 Å². The Morgan fingerprint density at radius 1 is 1.25 bits per heavy atom. The van der Waals surface area contributed by atoms with Gasteiger partial charge in [-0.3, -0.25) is 4.79 Å². The zero-order valence-electron chi connectivity index (χ0n) is 15.1. The summed E-state index contributed by atoms with van der Waals surface area (Å²) in [6, 6.07) is 5.94. The standard InChI is InChI=1S/C19H29NO4/c1-13(2)18-11-15(7-8-24-18)20-19(21)6-5-14-9-16(22-3)12-17(10-14)23-4/h9-10,12-13,15,18H,5-8,11H2,1-4H3,(H,20,21)/t15-,18+/m1/s1. The summed E-state index contributed by atoms with van der Waals surface area (Å²) in [5, 5.41) is 3.15. The van der Waals surface area contributed by atoms with Gasteiger partial charge in [0.25, 0.3) is 0 Å². The predicted octanol–water partition coefficient (Wildman–Crippen LogP) is 2.96. The smallest absolute Gasteiger partial charge is 0.220 e. The van der Waals surface area contributed by atoms with Crippen molar-refractivity contribution in [3.8, 4) is 11.5 Å². The highest BCUT2D eigenvalue weighted by Crippen LogP contribution is 2.23. The molecule has 0 spiro atoms. The number of ether oxygens (including phenoxy) is 3. The van der Waals surface area contributed by atoms with Gasteiger partial charge in [-0.25, -0.2) is 0 Å². The van der Waals surface area contributed by atoms with Crippen LogP contribution in [0, 0.1) is 5.92 Å². The molecule has 1 saturated heterocycles. The molecular formula is C19H29NO4. The Labute approximate surface area is 144 Å². The molecule has 1 amide bonds. The first-order valence-corrected chi connectivity index (χ1v) is 8.64. The van der Waals surface area contributed by atoms with E-state index in [1.165, 1.54) is 0 Å². The first kappa shape index (κ1) is 18.6. The molecule has 134 valence electrons. The molecule has 1 aliphatic heterocycles. The lowest BCUT2D eigenvalue weighted by atomic mass is 9.95. The molecule has 0 bridgehead atoms. The number of carbonyl (C=O) groups excluding carboxylic acids is 1. The van der Waals surface area contributed by atoms with Gasteiger partial charge in [-0.1, -0.05) is 13.8 Å². The van der Waals surface area contributed by atoms with Crippen molar-refractivity contribution in [2.75, 3.05) is 20.8 Å². The lowest BCUT2D eigenvalue weighted by Crippen LogP contribution is -2.43. The number of methoxy groups -OCH3 is 2. The second kappa shape index (κ2) is 8.92. The Morgan fingerprint density at radius 2 is 1.92 bits per heavy atom. The van der Waals surface area contributed by atoms with E-state index in [1.54, 1.807) is 14.2 Å². The zero-order valence-corrected chi connectivity index (χ0v) is 15.1. The van der Waals surface area contributed by atoms with E-state index in [1.807, 2.05) is 18.2 Å². The minimum Gasteiger partial charge on any atom is -0.497 e. The lowest BCUT2D eigenvalue weighted by molar-refractivity contribution is -0.123. The van der Waals surface area contributed by atoms with Crippen molar-refractivity contribution < 1.29 is 19.0 Å². The van der Waals surface area contributed by atoms with Gasteiger partial charge in [0.2, 0.25) is 5.91 Å². The summed E-state index contributed by atoms with van der Waals surface area (Å²) in [5.41, 5.74) is 1.04. The van der Waals surface area contributed by atoms with Crippen molar-refractivity contribution >= 4 is 5.91 Å². The molecule has 0 unspecified atom stereocenters. The molecule has 1 aromatic rings. The molecule has 5 nitrogen and oxygen atoms in total. The molecule has 1 aromatic carbocycles. The van der Waals surface area contributed by atoms with Crippen LogP contribution in [0.3, 0.4) is 0 Å². The van der Waals surface area contributed by atoms with E-state index in [9.17, 15) is 4.79 Å². The third kappa shape index (κ3) is 5.41. The average molecular weight is 335 g/mol. The van der Waals surface area contributed by atoms with Crippen molar-refractivity contribution in [3.63, 3.8) is 0 Å². The minimum atomic E-state index is 0.0891. The first-order valence-electron chi connectivity index (χ1n) is 8.64. The van der Waals surface area contributed by atoms with Crippen molar-refractivity contribution in [1.29, 1.82) is 0 Å². The SMILES string of the molecule is COc1cc(CCC(=O)N[C@@H]2CCO[C@H](C(C)C)C2)cc(OC)c1.